The van der Waals surface area contributed by atoms with Crippen LogP contribution in [0.25, 0.3) is 21.8 Å². The number of esters is 1. The Morgan fingerprint density at radius 3 is 2.09 bits per heavy atom. The summed E-state index contributed by atoms with van der Waals surface area (Å²) in [5.74, 6) is -3.20. The van der Waals surface area contributed by atoms with Crippen LogP contribution in [0, 0.1) is 6.92 Å². The summed E-state index contributed by atoms with van der Waals surface area (Å²) in [5, 5.41) is 1.55. The second kappa shape index (κ2) is 12.5. The Kier molecular flexibility index (Phi) is 8.72. The minimum Gasteiger partial charge on any atom is -0.748 e. The van der Waals surface area contributed by atoms with Crippen LogP contribution in [0.4, 0.5) is 0 Å². The van der Waals surface area contributed by atoms with Gasteiger partial charge in [0.15, 0.2) is 6.54 Å². The van der Waals surface area contributed by atoms with Crippen LogP contribution in [0.15, 0.2) is 60.7 Å². The molecule has 0 N–H and O–H groups in total. The lowest BCUT2D eigenvalue weighted by molar-refractivity contribution is -0.645. The number of ether oxygens (including phenoxy) is 2. The number of hydroxylamine groups is 2. The second-order valence-electron chi connectivity index (χ2n) is 10.2. The number of imide groups is 1. The van der Waals surface area contributed by atoms with E-state index in [1.807, 2.05) is 4.57 Å². The van der Waals surface area contributed by atoms with E-state index < -0.39 is 39.6 Å². The van der Waals surface area contributed by atoms with Crippen molar-refractivity contribution >= 4 is 55.7 Å². The molecule has 1 aromatic heterocycles. The van der Waals surface area contributed by atoms with E-state index in [0.717, 1.165) is 0 Å². The van der Waals surface area contributed by atoms with Gasteiger partial charge in [-0.1, -0.05) is 24.3 Å². The number of hydrogen-bond donors (Lipinski definition) is 0. The number of pyridine rings is 1. The lowest BCUT2D eigenvalue weighted by Gasteiger charge is -2.17. The quantitative estimate of drug-likeness (QED) is 0.0644. The van der Waals surface area contributed by atoms with Gasteiger partial charge in [-0.05, 0) is 36.8 Å². The Morgan fingerprint density at radius 2 is 1.52 bits per heavy atom. The minimum atomic E-state index is -4.40. The smallest absolute Gasteiger partial charge is 0.363 e. The highest BCUT2D eigenvalue weighted by molar-refractivity contribution is 7.85. The van der Waals surface area contributed by atoms with Crippen LogP contribution in [0.3, 0.4) is 0 Å². The molecule has 0 spiro atoms. The SMILES string of the molecule is COCc1cc(C(=O)ON2C(=O)CCC2=O)cc(C)c1OC(=O)c1c2ccccc2[n+](CCCS(=O)(=O)[O-])c2ccccc12. The van der Waals surface area contributed by atoms with Gasteiger partial charge in [0.2, 0.25) is 11.0 Å². The normalized spacial score (nSPS) is 13.6. The number of para-hydroxylation sites is 2. The molecule has 12 nitrogen and oxygen atoms in total. The zero-order chi connectivity index (χ0) is 31.6. The van der Waals surface area contributed by atoms with Crippen molar-refractivity contribution in [2.45, 2.75) is 39.3 Å². The molecule has 1 saturated heterocycles. The number of carbonyl (C=O) groups is 4. The Balaban J connectivity index is 1.53. The van der Waals surface area contributed by atoms with E-state index in [2.05, 4.69) is 0 Å². The Bertz CT molecular complexity index is 1860. The average molecular weight is 621 g/mol. The highest BCUT2D eigenvalue weighted by Gasteiger charge is 2.34. The fourth-order valence-electron chi connectivity index (χ4n) is 5.29. The maximum Gasteiger partial charge on any atom is 0.363 e. The average Bonchev–Trinajstić information content (AvgIpc) is 3.29. The maximum atomic E-state index is 14.0. The van der Waals surface area contributed by atoms with Crippen molar-refractivity contribution in [3.63, 3.8) is 0 Å². The third-order valence-corrected chi connectivity index (χ3v) is 7.96. The van der Waals surface area contributed by atoms with Crippen LogP contribution in [-0.2, 0) is 42.4 Å². The standard InChI is InChI=1S/C31H28N2O10S/c1-19-16-20(30(36)43-33-26(34)12-13-27(33)35)17-21(18-41-2)29(19)42-31(37)28-22-8-3-5-10-24(22)32(14-7-15-44(38,39)40)25-11-6-4-9-23(25)28/h3-6,8-11,16-17H,7,12-15,18H2,1-2H3. The molecule has 0 unspecified atom stereocenters. The number of rotatable bonds is 10. The monoisotopic (exact) mass is 620 g/mol. The molecule has 0 aliphatic carbocycles. The molecule has 2 heterocycles. The number of amides is 2. The van der Waals surface area contributed by atoms with Gasteiger partial charge >= 0.3 is 11.9 Å². The van der Waals surface area contributed by atoms with Crippen molar-refractivity contribution in [3.8, 4) is 5.75 Å². The molecule has 1 fully saturated rings. The molecule has 13 heteroatoms. The van der Waals surface area contributed by atoms with E-state index in [-0.39, 0.29) is 49.3 Å². The molecule has 2 amide bonds. The van der Waals surface area contributed by atoms with Crippen LogP contribution in [0.1, 0.15) is 51.1 Å². The van der Waals surface area contributed by atoms with Gasteiger partial charge in [0.05, 0.1) is 38.6 Å². The number of benzene rings is 3. The zero-order valence-electron chi connectivity index (χ0n) is 23.9. The van der Waals surface area contributed by atoms with Gasteiger partial charge in [-0.2, -0.15) is 4.57 Å². The lowest BCUT2D eigenvalue weighted by Crippen LogP contribution is -2.37. The second-order valence-corrected chi connectivity index (χ2v) is 11.8. The molecule has 0 bridgehead atoms. The molecule has 228 valence electrons. The lowest BCUT2D eigenvalue weighted by atomic mass is 10.0. The van der Waals surface area contributed by atoms with Crippen molar-refractivity contribution in [1.82, 2.24) is 5.06 Å². The molecule has 1 aliphatic rings. The molecule has 5 rings (SSSR count). The first kappa shape index (κ1) is 30.7. The number of aryl methyl sites for hydroxylation is 2. The summed E-state index contributed by atoms with van der Waals surface area (Å²) < 4.78 is 46.9. The van der Waals surface area contributed by atoms with Crippen molar-refractivity contribution in [2.75, 3.05) is 12.9 Å². The van der Waals surface area contributed by atoms with E-state index in [4.69, 9.17) is 14.3 Å². The van der Waals surface area contributed by atoms with E-state index >= 15 is 0 Å². The molecule has 4 aromatic rings. The van der Waals surface area contributed by atoms with Gasteiger partial charge in [-0.15, -0.1) is 5.06 Å². The summed E-state index contributed by atoms with van der Waals surface area (Å²) in [6.45, 7) is 1.82. The van der Waals surface area contributed by atoms with Crippen molar-refractivity contribution in [2.24, 2.45) is 0 Å². The van der Waals surface area contributed by atoms with Crippen molar-refractivity contribution < 1.29 is 51.0 Å². The first-order chi connectivity index (χ1) is 21.0. The fraction of sp³-hybridized carbons (Fsp3) is 0.258. The summed E-state index contributed by atoms with van der Waals surface area (Å²) in [4.78, 5) is 55.7. The first-order valence-corrected chi connectivity index (χ1v) is 15.3. The molecule has 0 saturated carbocycles. The maximum absolute atomic E-state index is 14.0. The molecular formula is C31H28N2O10S. The Morgan fingerprint density at radius 1 is 0.932 bits per heavy atom. The summed E-state index contributed by atoms with van der Waals surface area (Å²) in [6.07, 6.45) is 0.00241. The zero-order valence-corrected chi connectivity index (χ0v) is 24.7. The highest BCUT2D eigenvalue weighted by atomic mass is 32.2. The number of fused-ring (bicyclic) bond motifs is 2. The van der Waals surface area contributed by atoms with Crippen LogP contribution in [0.2, 0.25) is 0 Å². The number of nitrogens with zero attached hydrogens (tertiary/aromatic N) is 2. The van der Waals surface area contributed by atoms with E-state index in [1.165, 1.54) is 19.2 Å². The van der Waals surface area contributed by atoms with Crippen LogP contribution < -0.4 is 9.30 Å². The van der Waals surface area contributed by atoms with Gasteiger partial charge in [0.1, 0.15) is 5.75 Å². The molecule has 0 atom stereocenters. The summed E-state index contributed by atoms with van der Waals surface area (Å²) in [5.41, 5.74) is 2.32. The highest BCUT2D eigenvalue weighted by Crippen LogP contribution is 2.31. The predicted octanol–water partition coefficient (Wildman–Crippen LogP) is 3.11. The topological polar surface area (TPSA) is 160 Å². The Hall–Kier alpha value is -4.72. The summed E-state index contributed by atoms with van der Waals surface area (Å²) >= 11 is 0. The van der Waals surface area contributed by atoms with Gasteiger partial charge < -0.3 is 18.9 Å². The fourth-order valence-corrected chi connectivity index (χ4v) is 5.77. The van der Waals surface area contributed by atoms with Crippen molar-refractivity contribution in [3.05, 3.63) is 82.9 Å². The minimum absolute atomic E-state index is 0.0265. The van der Waals surface area contributed by atoms with Crippen LogP contribution in [-0.4, -0.2) is 54.6 Å². The number of carbonyl (C=O) groups excluding carboxylic acids is 4. The van der Waals surface area contributed by atoms with Crippen molar-refractivity contribution in [1.29, 1.82) is 0 Å². The molecule has 44 heavy (non-hydrogen) atoms. The first-order valence-electron chi connectivity index (χ1n) is 13.7. The van der Waals surface area contributed by atoms with E-state index in [9.17, 15) is 32.1 Å². The molecule has 1 aliphatic heterocycles. The number of aromatic nitrogens is 1. The summed E-state index contributed by atoms with van der Waals surface area (Å²) in [7, 11) is -2.97. The van der Waals surface area contributed by atoms with Crippen LogP contribution >= 0.6 is 0 Å². The summed E-state index contributed by atoms with van der Waals surface area (Å²) in [6, 6.07) is 17.0. The number of methoxy groups -OCH3 is 1. The molecular weight excluding hydrogens is 592 g/mol. The van der Waals surface area contributed by atoms with Gasteiger partial charge in [0.25, 0.3) is 11.8 Å². The predicted molar refractivity (Wildman–Crippen MR) is 154 cm³/mol. The third-order valence-electron chi connectivity index (χ3n) is 7.17. The van der Waals surface area contributed by atoms with Gasteiger partial charge in [0, 0.05) is 49.8 Å². The van der Waals surface area contributed by atoms with Gasteiger partial charge in [-0.25, -0.2) is 18.0 Å². The van der Waals surface area contributed by atoms with E-state index in [0.29, 0.717) is 38.0 Å². The molecule has 0 radical (unpaired) electrons. The largest absolute Gasteiger partial charge is 0.748 e. The van der Waals surface area contributed by atoms with Crippen LogP contribution in [0.5, 0.6) is 5.75 Å². The van der Waals surface area contributed by atoms with Gasteiger partial charge in [-0.3, -0.25) is 9.59 Å². The van der Waals surface area contributed by atoms with E-state index in [1.54, 1.807) is 55.5 Å². The third kappa shape index (κ3) is 6.30. The number of hydrogen-bond acceptors (Lipinski definition) is 10. The Labute approximate surface area is 252 Å². The molecule has 3 aromatic carbocycles.